The molecule has 6 nitrogen and oxygen atoms in total. The smallest absolute Gasteiger partial charge is 0.326 e. The van der Waals surface area contributed by atoms with Crippen molar-refractivity contribution in [3.63, 3.8) is 0 Å². The van der Waals surface area contributed by atoms with Crippen LogP contribution in [0.15, 0.2) is 18.2 Å². The number of carbonyl (C=O) groups is 3. The fourth-order valence-corrected chi connectivity index (χ4v) is 4.02. The van der Waals surface area contributed by atoms with Crippen LogP contribution >= 0.6 is 23.2 Å². The van der Waals surface area contributed by atoms with Crippen molar-refractivity contribution in [3.8, 4) is 0 Å². The summed E-state index contributed by atoms with van der Waals surface area (Å²) in [6, 6.07) is 4.54. The van der Waals surface area contributed by atoms with Crippen molar-refractivity contribution < 1.29 is 19.5 Å². The van der Waals surface area contributed by atoms with Crippen LogP contribution in [0.3, 0.4) is 0 Å². The van der Waals surface area contributed by atoms with Gasteiger partial charge in [-0.1, -0.05) is 43.1 Å². The largest absolute Gasteiger partial charge is 0.480 e. The Bertz CT molecular complexity index is 762. The SMILES string of the molecule is CC(C)CC(NC(=O)CC1CCN(C(=O)CCc2ccc(Cl)c(Cl)c2)CC1)C(=O)O. The van der Waals surface area contributed by atoms with Gasteiger partial charge in [-0.25, -0.2) is 4.79 Å². The van der Waals surface area contributed by atoms with Crippen molar-refractivity contribution in [1.29, 1.82) is 0 Å². The number of nitrogens with zero attached hydrogens (tertiary/aromatic N) is 1. The monoisotopic (exact) mass is 456 g/mol. The summed E-state index contributed by atoms with van der Waals surface area (Å²) in [5.41, 5.74) is 0.971. The molecular formula is C22H30Cl2N2O4. The minimum absolute atomic E-state index is 0.0897. The third-order valence-corrected chi connectivity index (χ3v) is 6.13. The first-order valence-electron chi connectivity index (χ1n) is 10.4. The molecule has 1 atom stereocenters. The van der Waals surface area contributed by atoms with E-state index in [1.807, 2.05) is 24.8 Å². The zero-order chi connectivity index (χ0) is 22.3. The number of aliphatic carboxylic acids is 1. The second kappa shape index (κ2) is 11.6. The summed E-state index contributed by atoms with van der Waals surface area (Å²) in [4.78, 5) is 37.9. The first kappa shape index (κ1) is 24.5. The van der Waals surface area contributed by atoms with E-state index in [2.05, 4.69) is 5.32 Å². The van der Waals surface area contributed by atoms with Gasteiger partial charge in [-0.05, 0) is 55.2 Å². The number of carboxylic acids is 1. The highest BCUT2D eigenvalue weighted by atomic mass is 35.5. The minimum atomic E-state index is -1.00. The molecule has 1 aromatic rings. The molecule has 2 rings (SSSR count). The molecule has 1 aliphatic rings. The molecule has 0 aromatic heterocycles. The van der Waals surface area contributed by atoms with Gasteiger partial charge in [-0.2, -0.15) is 0 Å². The Morgan fingerprint density at radius 1 is 1.17 bits per heavy atom. The second-order valence-electron chi connectivity index (χ2n) is 8.36. The van der Waals surface area contributed by atoms with Crippen molar-refractivity contribution in [2.24, 2.45) is 11.8 Å². The lowest BCUT2D eigenvalue weighted by Gasteiger charge is -2.32. The molecule has 166 valence electrons. The first-order valence-corrected chi connectivity index (χ1v) is 11.1. The summed E-state index contributed by atoms with van der Waals surface area (Å²) in [7, 11) is 0. The molecule has 1 aliphatic heterocycles. The molecule has 0 spiro atoms. The van der Waals surface area contributed by atoms with Gasteiger partial charge in [0.15, 0.2) is 0 Å². The van der Waals surface area contributed by atoms with Gasteiger partial charge < -0.3 is 15.3 Å². The number of nitrogens with one attached hydrogen (secondary N) is 1. The second-order valence-corrected chi connectivity index (χ2v) is 9.18. The zero-order valence-electron chi connectivity index (χ0n) is 17.5. The minimum Gasteiger partial charge on any atom is -0.480 e. The lowest BCUT2D eigenvalue weighted by molar-refractivity contribution is -0.142. The number of aryl methyl sites for hydroxylation is 1. The lowest BCUT2D eigenvalue weighted by Crippen LogP contribution is -2.43. The summed E-state index contributed by atoms with van der Waals surface area (Å²) in [5, 5.41) is 12.9. The average molecular weight is 457 g/mol. The Balaban J connectivity index is 1.74. The van der Waals surface area contributed by atoms with Gasteiger partial charge >= 0.3 is 5.97 Å². The van der Waals surface area contributed by atoms with Crippen molar-refractivity contribution in [1.82, 2.24) is 10.2 Å². The van der Waals surface area contributed by atoms with Crippen LogP contribution in [-0.2, 0) is 20.8 Å². The number of carbonyl (C=O) groups excluding carboxylic acids is 2. The number of hydrogen-bond donors (Lipinski definition) is 2. The highest BCUT2D eigenvalue weighted by molar-refractivity contribution is 6.42. The van der Waals surface area contributed by atoms with E-state index in [1.54, 1.807) is 12.1 Å². The fourth-order valence-electron chi connectivity index (χ4n) is 3.70. The Hall–Kier alpha value is -1.79. The molecule has 1 fully saturated rings. The summed E-state index contributed by atoms with van der Waals surface area (Å²) < 4.78 is 0. The van der Waals surface area contributed by atoms with Crippen LogP contribution in [0.4, 0.5) is 0 Å². The van der Waals surface area contributed by atoms with E-state index in [4.69, 9.17) is 23.2 Å². The van der Waals surface area contributed by atoms with Crippen LogP contribution in [-0.4, -0.2) is 46.9 Å². The van der Waals surface area contributed by atoms with E-state index < -0.39 is 12.0 Å². The predicted molar refractivity (Wildman–Crippen MR) is 118 cm³/mol. The summed E-state index contributed by atoms with van der Waals surface area (Å²) in [6.45, 7) is 5.09. The number of halogens is 2. The fraction of sp³-hybridized carbons (Fsp3) is 0.591. The molecule has 0 bridgehead atoms. The normalized spacial score (nSPS) is 15.8. The van der Waals surface area contributed by atoms with Crippen LogP contribution < -0.4 is 5.32 Å². The molecule has 0 aliphatic carbocycles. The third kappa shape index (κ3) is 7.80. The third-order valence-electron chi connectivity index (χ3n) is 5.39. The predicted octanol–water partition coefficient (Wildman–Crippen LogP) is 4.17. The van der Waals surface area contributed by atoms with Gasteiger partial charge in [-0.15, -0.1) is 0 Å². The number of carboxylic acid groups (broad SMARTS) is 1. The summed E-state index contributed by atoms with van der Waals surface area (Å²) in [6.07, 6.45) is 3.20. The van der Waals surface area contributed by atoms with Crippen LogP contribution in [0.5, 0.6) is 0 Å². The molecule has 2 N–H and O–H groups in total. The number of hydrogen-bond acceptors (Lipinski definition) is 3. The van der Waals surface area contributed by atoms with E-state index in [1.165, 1.54) is 0 Å². The summed E-state index contributed by atoms with van der Waals surface area (Å²) >= 11 is 11.9. The van der Waals surface area contributed by atoms with Gasteiger partial charge in [0, 0.05) is 25.9 Å². The molecule has 8 heteroatoms. The molecule has 1 heterocycles. The number of amides is 2. The summed E-state index contributed by atoms with van der Waals surface area (Å²) in [5.74, 6) is -0.791. The quantitative estimate of drug-likeness (QED) is 0.583. The molecule has 30 heavy (non-hydrogen) atoms. The van der Waals surface area contributed by atoms with Crippen LogP contribution in [0.25, 0.3) is 0 Å². The topological polar surface area (TPSA) is 86.7 Å². The maximum Gasteiger partial charge on any atom is 0.326 e. The Labute approximate surface area is 187 Å². The van der Waals surface area contributed by atoms with Crippen molar-refractivity contribution in [3.05, 3.63) is 33.8 Å². The van der Waals surface area contributed by atoms with Crippen LogP contribution in [0.2, 0.25) is 10.0 Å². The number of benzene rings is 1. The van der Waals surface area contributed by atoms with Gasteiger partial charge in [0.2, 0.25) is 11.8 Å². The standard InChI is InChI=1S/C22H30Cl2N2O4/c1-14(2)11-19(22(29)30)25-20(27)13-16-7-9-26(10-8-16)21(28)6-4-15-3-5-17(23)18(24)12-15/h3,5,12,14,16,19H,4,6-11,13H2,1-2H3,(H,25,27)(H,29,30). The molecule has 0 radical (unpaired) electrons. The van der Waals surface area contributed by atoms with Crippen LogP contribution in [0.1, 0.15) is 51.5 Å². The lowest BCUT2D eigenvalue weighted by atomic mass is 9.92. The van der Waals surface area contributed by atoms with Crippen molar-refractivity contribution >= 4 is 41.0 Å². The van der Waals surface area contributed by atoms with E-state index in [0.29, 0.717) is 48.8 Å². The van der Waals surface area contributed by atoms with Gasteiger partial charge in [0.05, 0.1) is 10.0 Å². The first-order chi connectivity index (χ1) is 14.2. The molecule has 0 saturated carbocycles. The van der Waals surface area contributed by atoms with E-state index in [0.717, 1.165) is 18.4 Å². The maximum absolute atomic E-state index is 12.5. The van der Waals surface area contributed by atoms with Gasteiger partial charge in [0.1, 0.15) is 6.04 Å². The molecule has 2 amide bonds. The average Bonchev–Trinajstić information content (AvgIpc) is 2.68. The van der Waals surface area contributed by atoms with Crippen LogP contribution in [0, 0.1) is 11.8 Å². The van der Waals surface area contributed by atoms with Gasteiger partial charge in [-0.3, -0.25) is 9.59 Å². The number of rotatable bonds is 9. The highest BCUT2D eigenvalue weighted by Crippen LogP contribution is 2.24. The van der Waals surface area contributed by atoms with Crippen molar-refractivity contribution in [2.45, 2.75) is 58.4 Å². The number of piperidine rings is 1. The Morgan fingerprint density at radius 3 is 2.40 bits per heavy atom. The zero-order valence-corrected chi connectivity index (χ0v) is 19.0. The molecular weight excluding hydrogens is 427 g/mol. The van der Waals surface area contributed by atoms with Crippen molar-refractivity contribution in [2.75, 3.05) is 13.1 Å². The van der Waals surface area contributed by atoms with E-state index in [9.17, 15) is 19.5 Å². The number of likely N-dealkylation sites (tertiary alicyclic amines) is 1. The molecule has 1 saturated heterocycles. The Kier molecular flexibility index (Phi) is 9.43. The highest BCUT2D eigenvalue weighted by Gasteiger charge is 2.26. The molecule has 1 aromatic carbocycles. The van der Waals surface area contributed by atoms with E-state index in [-0.39, 0.29) is 23.7 Å². The van der Waals surface area contributed by atoms with Gasteiger partial charge in [0.25, 0.3) is 0 Å². The maximum atomic E-state index is 12.5. The van der Waals surface area contributed by atoms with E-state index >= 15 is 0 Å². The Morgan fingerprint density at radius 2 is 1.83 bits per heavy atom. The molecule has 1 unspecified atom stereocenters.